The summed E-state index contributed by atoms with van der Waals surface area (Å²) in [5, 5.41) is 3.14. The fourth-order valence-electron chi connectivity index (χ4n) is 5.14. The van der Waals surface area contributed by atoms with Crippen LogP contribution in [0.25, 0.3) is 0 Å². The largest absolute Gasteiger partial charge is 0.352 e. The zero-order valence-electron chi connectivity index (χ0n) is 22.6. The Labute approximate surface area is 231 Å². The molecule has 206 valence electrons. The maximum absolute atomic E-state index is 14.1. The van der Waals surface area contributed by atoms with E-state index in [-0.39, 0.29) is 23.4 Å². The molecular weight excluding hydrogens is 510 g/mol. The van der Waals surface area contributed by atoms with Gasteiger partial charge in [0.1, 0.15) is 12.6 Å². The van der Waals surface area contributed by atoms with Gasteiger partial charge in [-0.1, -0.05) is 86.0 Å². The van der Waals surface area contributed by atoms with Crippen LogP contribution in [-0.4, -0.2) is 43.8 Å². The third-order valence-electron chi connectivity index (χ3n) is 7.18. The van der Waals surface area contributed by atoms with Gasteiger partial charge in [-0.25, -0.2) is 8.42 Å². The first kappa shape index (κ1) is 28.4. The van der Waals surface area contributed by atoms with Crippen molar-refractivity contribution in [3.63, 3.8) is 0 Å². The van der Waals surface area contributed by atoms with E-state index in [0.717, 1.165) is 41.1 Å². The predicted octanol–water partition coefficient (Wildman–Crippen LogP) is 5.06. The summed E-state index contributed by atoms with van der Waals surface area (Å²) in [4.78, 5) is 29.2. The molecule has 0 spiro atoms. The molecule has 0 aliphatic heterocycles. The van der Waals surface area contributed by atoms with Crippen molar-refractivity contribution in [2.75, 3.05) is 10.8 Å². The SMILES string of the molecule is CC[C@H](C(=O)NC1CCCC1)N(Cc1cccc(C)c1)C(=O)CN(c1ccccc1)S(=O)(=O)c1ccccc1. The lowest BCUT2D eigenvalue weighted by molar-refractivity contribution is -0.140. The van der Waals surface area contributed by atoms with Crippen LogP contribution in [-0.2, 0) is 26.2 Å². The van der Waals surface area contributed by atoms with Gasteiger partial charge in [0.25, 0.3) is 10.0 Å². The summed E-state index contributed by atoms with van der Waals surface area (Å²) in [5.41, 5.74) is 2.31. The first-order valence-electron chi connectivity index (χ1n) is 13.6. The van der Waals surface area contributed by atoms with E-state index in [1.54, 1.807) is 48.5 Å². The van der Waals surface area contributed by atoms with Crippen molar-refractivity contribution in [3.8, 4) is 0 Å². The summed E-state index contributed by atoms with van der Waals surface area (Å²) in [6, 6.07) is 23.9. The lowest BCUT2D eigenvalue weighted by Crippen LogP contribution is -2.53. The van der Waals surface area contributed by atoms with Crippen molar-refractivity contribution in [3.05, 3.63) is 96.1 Å². The second-order valence-electron chi connectivity index (χ2n) is 10.1. The van der Waals surface area contributed by atoms with Crippen LogP contribution in [0.2, 0.25) is 0 Å². The molecule has 0 bridgehead atoms. The quantitative estimate of drug-likeness (QED) is 0.364. The molecule has 1 fully saturated rings. The van der Waals surface area contributed by atoms with E-state index in [0.29, 0.717) is 12.1 Å². The molecule has 0 aromatic heterocycles. The van der Waals surface area contributed by atoms with Crippen LogP contribution < -0.4 is 9.62 Å². The minimum Gasteiger partial charge on any atom is -0.352 e. The predicted molar refractivity (Wildman–Crippen MR) is 154 cm³/mol. The molecule has 39 heavy (non-hydrogen) atoms. The molecule has 1 aliphatic carbocycles. The van der Waals surface area contributed by atoms with E-state index in [9.17, 15) is 18.0 Å². The van der Waals surface area contributed by atoms with Crippen molar-refractivity contribution >= 4 is 27.5 Å². The molecule has 0 saturated heterocycles. The summed E-state index contributed by atoms with van der Waals surface area (Å²) in [7, 11) is -4.05. The molecule has 0 heterocycles. The van der Waals surface area contributed by atoms with E-state index < -0.39 is 28.5 Å². The first-order valence-corrected chi connectivity index (χ1v) is 15.0. The third kappa shape index (κ3) is 7.06. The number of anilines is 1. The van der Waals surface area contributed by atoms with Crippen LogP contribution in [0.5, 0.6) is 0 Å². The smallest absolute Gasteiger partial charge is 0.264 e. The standard InChI is InChI=1S/C31H37N3O4S/c1-3-29(31(36)32-26-15-10-11-16-26)33(22-25-14-12-13-24(2)21-25)30(35)23-34(27-17-6-4-7-18-27)39(37,38)28-19-8-5-9-20-28/h4-9,12-14,17-21,26,29H,3,10-11,15-16,22-23H2,1-2H3,(H,32,36)/t29-/m1/s1. The number of amides is 2. The highest BCUT2D eigenvalue weighted by molar-refractivity contribution is 7.92. The third-order valence-corrected chi connectivity index (χ3v) is 8.97. The molecular formula is C31H37N3O4S. The van der Waals surface area contributed by atoms with Crippen LogP contribution in [0.4, 0.5) is 5.69 Å². The van der Waals surface area contributed by atoms with Crippen molar-refractivity contribution in [2.24, 2.45) is 0 Å². The number of carbonyl (C=O) groups is 2. The second kappa shape index (κ2) is 12.9. The number of nitrogens with one attached hydrogen (secondary N) is 1. The molecule has 8 heteroatoms. The molecule has 1 aliphatic rings. The monoisotopic (exact) mass is 547 g/mol. The van der Waals surface area contributed by atoms with Gasteiger partial charge in [0.2, 0.25) is 11.8 Å². The molecule has 3 aromatic carbocycles. The van der Waals surface area contributed by atoms with Gasteiger partial charge in [-0.2, -0.15) is 0 Å². The van der Waals surface area contributed by atoms with Gasteiger partial charge >= 0.3 is 0 Å². The Kier molecular flexibility index (Phi) is 9.41. The Morgan fingerprint density at radius 3 is 2.18 bits per heavy atom. The summed E-state index contributed by atoms with van der Waals surface area (Å²) in [6.45, 7) is 3.62. The van der Waals surface area contributed by atoms with Gasteiger partial charge in [-0.3, -0.25) is 13.9 Å². The highest BCUT2D eigenvalue weighted by Gasteiger charge is 2.34. The molecule has 0 unspecified atom stereocenters. The second-order valence-corrected chi connectivity index (χ2v) is 11.9. The van der Waals surface area contributed by atoms with Crippen LogP contribution in [0.15, 0.2) is 89.8 Å². The number of carbonyl (C=O) groups excluding carboxylic acids is 2. The fourth-order valence-corrected chi connectivity index (χ4v) is 6.57. The highest BCUT2D eigenvalue weighted by atomic mass is 32.2. The van der Waals surface area contributed by atoms with Crippen LogP contribution >= 0.6 is 0 Å². The Morgan fingerprint density at radius 1 is 0.923 bits per heavy atom. The van der Waals surface area contributed by atoms with Gasteiger partial charge in [0, 0.05) is 12.6 Å². The number of para-hydroxylation sites is 1. The normalized spacial score (nSPS) is 14.5. The average molecular weight is 548 g/mol. The molecule has 2 amide bonds. The van der Waals surface area contributed by atoms with Crippen LogP contribution in [0, 0.1) is 6.92 Å². The number of sulfonamides is 1. The highest BCUT2D eigenvalue weighted by Crippen LogP contribution is 2.25. The fraction of sp³-hybridized carbons (Fsp3) is 0.355. The van der Waals surface area contributed by atoms with Gasteiger partial charge in [0.15, 0.2) is 0 Å². The minimum atomic E-state index is -4.05. The molecule has 0 radical (unpaired) electrons. The number of hydrogen-bond acceptors (Lipinski definition) is 4. The topological polar surface area (TPSA) is 86.8 Å². The minimum absolute atomic E-state index is 0.0953. The first-order chi connectivity index (χ1) is 18.8. The lowest BCUT2D eigenvalue weighted by atomic mass is 10.1. The van der Waals surface area contributed by atoms with Crippen LogP contribution in [0.1, 0.15) is 50.2 Å². The Morgan fingerprint density at radius 2 is 1.56 bits per heavy atom. The van der Waals surface area contributed by atoms with Gasteiger partial charge in [-0.05, 0) is 56.0 Å². The van der Waals surface area contributed by atoms with E-state index in [2.05, 4.69) is 5.32 Å². The molecule has 1 N–H and O–H groups in total. The molecule has 1 atom stereocenters. The zero-order valence-corrected chi connectivity index (χ0v) is 23.4. The molecule has 4 rings (SSSR count). The molecule has 1 saturated carbocycles. The number of aryl methyl sites for hydroxylation is 1. The van der Waals surface area contributed by atoms with Crippen molar-refractivity contribution in [2.45, 2.75) is 69.5 Å². The van der Waals surface area contributed by atoms with E-state index >= 15 is 0 Å². The van der Waals surface area contributed by atoms with Gasteiger partial charge in [-0.15, -0.1) is 0 Å². The Hall–Kier alpha value is -3.65. The van der Waals surface area contributed by atoms with Crippen molar-refractivity contribution in [1.82, 2.24) is 10.2 Å². The maximum Gasteiger partial charge on any atom is 0.264 e. The average Bonchev–Trinajstić information content (AvgIpc) is 3.45. The number of hydrogen-bond donors (Lipinski definition) is 1. The summed E-state index contributed by atoms with van der Waals surface area (Å²) < 4.78 is 28.7. The van der Waals surface area contributed by atoms with Crippen molar-refractivity contribution < 1.29 is 18.0 Å². The Balaban J connectivity index is 1.69. The van der Waals surface area contributed by atoms with Gasteiger partial charge in [0.05, 0.1) is 10.6 Å². The van der Waals surface area contributed by atoms with E-state index in [1.165, 1.54) is 17.0 Å². The maximum atomic E-state index is 14.1. The summed E-state index contributed by atoms with van der Waals surface area (Å²) >= 11 is 0. The summed E-state index contributed by atoms with van der Waals surface area (Å²) in [5.74, 6) is -0.629. The van der Waals surface area contributed by atoms with E-state index in [4.69, 9.17) is 0 Å². The van der Waals surface area contributed by atoms with E-state index in [1.807, 2.05) is 38.1 Å². The zero-order chi connectivity index (χ0) is 27.8. The Bertz CT molecular complexity index is 1360. The molecule has 7 nitrogen and oxygen atoms in total. The number of benzene rings is 3. The number of rotatable bonds is 11. The lowest BCUT2D eigenvalue weighted by Gasteiger charge is -2.33. The van der Waals surface area contributed by atoms with Crippen molar-refractivity contribution in [1.29, 1.82) is 0 Å². The molecule has 3 aromatic rings. The summed E-state index contributed by atoms with van der Waals surface area (Å²) in [6.07, 6.45) is 4.44. The van der Waals surface area contributed by atoms with Gasteiger partial charge < -0.3 is 10.2 Å². The van der Waals surface area contributed by atoms with Crippen LogP contribution in [0.3, 0.4) is 0 Å². The number of nitrogens with zero attached hydrogens (tertiary/aromatic N) is 2.